The van der Waals surface area contributed by atoms with Crippen LogP contribution in [0.3, 0.4) is 0 Å². The Morgan fingerprint density at radius 1 is 1.44 bits per heavy atom. The first kappa shape index (κ1) is 15.9. The minimum Gasteiger partial charge on any atom is -0.468 e. The van der Waals surface area contributed by atoms with E-state index in [0.717, 1.165) is 4.47 Å². The number of halogens is 3. The molecular weight excluding hydrogens is 481 g/mol. The van der Waals surface area contributed by atoms with Gasteiger partial charge in [0.1, 0.15) is 3.92 Å². The van der Waals surface area contributed by atoms with Crippen LogP contribution in [-0.4, -0.2) is 29.5 Å². The Balaban J connectivity index is 2.63. The van der Waals surface area contributed by atoms with Crippen molar-refractivity contribution in [3.8, 4) is 0 Å². The molecule has 1 N–H and O–H groups in total. The molecule has 1 atom stereocenters. The molecule has 1 amide bonds. The second-order valence-corrected chi connectivity index (χ2v) is 6.60. The summed E-state index contributed by atoms with van der Waals surface area (Å²) in [6.45, 7) is 0.231. The van der Waals surface area contributed by atoms with Gasteiger partial charge in [-0.2, -0.15) is 0 Å². The third-order valence-electron chi connectivity index (χ3n) is 2.07. The van der Waals surface area contributed by atoms with Crippen LogP contribution < -0.4 is 5.32 Å². The number of carbonyl (C=O) groups excluding carboxylic acids is 2. The lowest BCUT2D eigenvalue weighted by atomic mass is 10.2. The molecule has 0 aliphatic rings. The number of methoxy groups -OCH3 is 1. The third kappa shape index (κ3) is 4.51. The summed E-state index contributed by atoms with van der Waals surface area (Å²) in [7, 11) is 1.32. The van der Waals surface area contributed by atoms with Crippen molar-refractivity contribution in [3.63, 3.8) is 0 Å². The maximum Gasteiger partial charge on any atom is 0.320 e. The van der Waals surface area contributed by atoms with Crippen LogP contribution in [0.4, 0.5) is 0 Å². The second-order valence-electron chi connectivity index (χ2n) is 3.32. The van der Waals surface area contributed by atoms with E-state index in [2.05, 4.69) is 41.9 Å². The third-order valence-corrected chi connectivity index (χ3v) is 4.17. The molecule has 7 heteroatoms. The summed E-state index contributed by atoms with van der Waals surface area (Å²) in [6.07, 6.45) is 0. The van der Waals surface area contributed by atoms with Crippen molar-refractivity contribution in [2.45, 2.75) is 3.92 Å². The predicted molar refractivity (Wildman–Crippen MR) is 84.0 cm³/mol. The summed E-state index contributed by atoms with van der Waals surface area (Å²) in [5, 5.41) is 2.68. The van der Waals surface area contributed by atoms with Crippen LogP contribution in [0.2, 0.25) is 0 Å². The van der Waals surface area contributed by atoms with Crippen molar-refractivity contribution in [1.29, 1.82) is 0 Å². The van der Waals surface area contributed by atoms with E-state index in [1.807, 2.05) is 22.6 Å². The lowest BCUT2D eigenvalue weighted by molar-refractivity contribution is -0.139. The number of rotatable bonds is 4. The predicted octanol–water partition coefficient (Wildman–Crippen LogP) is 2.92. The van der Waals surface area contributed by atoms with Crippen molar-refractivity contribution in [3.05, 3.63) is 32.7 Å². The first-order chi connectivity index (χ1) is 8.45. The fraction of sp³-hybridized carbons (Fsp3) is 0.273. The van der Waals surface area contributed by atoms with Crippen molar-refractivity contribution >= 4 is 66.3 Å². The maximum absolute atomic E-state index is 11.9. The highest BCUT2D eigenvalue weighted by atomic mass is 127. The highest BCUT2D eigenvalue weighted by Gasteiger charge is 2.17. The van der Waals surface area contributed by atoms with Gasteiger partial charge in [-0.05, 0) is 34.1 Å². The minimum absolute atomic E-state index is 0.231. The molecule has 98 valence electrons. The summed E-state index contributed by atoms with van der Waals surface area (Å²) in [5.74, 6) is -0.592. The zero-order valence-electron chi connectivity index (χ0n) is 9.38. The summed E-state index contributed by atoms with van der Waals surface area (Å²) in [5.41, 5.74) is 0.520. The molecule has 0 bridgehead atoms. The highest BCUT2D eigenvalue weighted by Crippen LogP contribution is 2.21. The lowest BCUT2D eigenvalue weighted by Gasteiger charge is -2.10. The largest absolute Gasteiger partial charge is 0.468 e. The maximum atomic E-state index is 11.9. The molecule has 0 heterocycles. The molecule has 1 unspecified atom stereocenters. The molecule has 1 aromatic rings. The van der Waals surface area contributed by atoms with Crippen LogP contribution >= 0.6 is 54.5 Å². The number of ether oxygens (including phenoxy) is 1. The summed E-state index contributed by atoms with van der Waals surface area (Å²) < 4.78 is 5.75. The number of benzene rings is 1. The number of amides is 1. The Hall–Kier alpha value is -0.150. The van der Waals surface area contributed by atoms with Gasteiger partial charge in [0.05, 0.1) is 12.7 Å². The van der Waals surface area contributed by atoms with Gasteiger partial charge in [-0.15, -0.1) is 0 Å². The molecule has 1 rings (SSSR count). The molecule has 4 nitrogen and oxygen atoms in total. The van der Waals surface area contributed by atoms with Gasteiger partial charge in [0, 0.05) is 15.5 Å². The van der Waals surface area contributed by atoms with Gasteiger partial charge in [-0.1, -0.05) is 38.5 Å². The molecule has 1 aromatic carbocycles. The number of alkyl halides is 1. The highest BCUT2D eigenvalue weighted by molar-refractivity contribution is 14.1. The minimum atomic E-state index is -0.397. The second kappa shape index (κ2) is 7.44. The Kier molecular flexibility index (Phi) is 6.58. The standard InChI is InChI=1S/C11H10Br2INO3/c1-18-11(17)9(14)5-15-10(16)7-3-2-6(12)4-8(7)13/h2-4,9H,5H2,1H3,(H,15,16). The van der Waals surface area contributed by atoms with Crippen LogP contribution in [0.25, 0.3) is 0 Å². The molecule has 0 aromatic heterocycles. The molecule has 0 fully saturated rings. The lowest BCUT2D eigenvalue weighted by Crippen LogP contribution is -2.34. The fourth-order valence-electron chi connectivity index (χ4n) is 1.16. The normalized spacial score (nSPS) is 11.8. The Labute approximate surface area is 135 Å². The Morgan fingerprint density at radius 3 is 2.67 bits per heavy atom. The van der Waals surface area contributed by atoms with E-state index in [-0.39, 0.29) is 18.4 Å². The number of nitrogens with one attached hydrogen (secondary N) is 1. The van der Waals surface area contributed by atoms with E-state index >= 15 is 0 Å². The molecule has 0 radical (unpaired) electrons. The molecule has 0 spiro atoms. The Morgan fingerprint density at radius 2 is 2.11 bits per heavy atom. The van der Waals surface area contributed by atoms with Crippen LogP contribution in [-0.2, 0) is 9.53 Å². The van der Waals surface area contributed by atoms with E-state index in [0.29, 0.717) is 10.0 Å². The van der Waals surface area contributed by atoms with Gasteiger partial charge in [0.25, 0.3) is 5.91 Å². The van der Waals surface area contributed by atoms with E-state index in [9.17, 15) is 9.59 Å². The fourth-order valence-corrected chi connectivity index (χ4v) is 2.86. The number of hydrogen-bond donors (Lipinski definition) is 1. The first-order valence-corrected chi connectivity index (χ1v) is 7.74. The zero-order valence-corrected chi connectivity index (χ0v) is 14.7. The summed E-state index contributed by atoms with van der Waals surface area (Å²) >= 11 is 8.55. The summed E-state index contributed by atoms with van der Waals surface area (Å²) in [4.78, 5) is 23.1. The summed E-state index contributed by atoms with van der Waals surface area (Å²) in [6, 6.07) is 5.27. The monoisotopic (exact) mass is 489 g/mol. The zero-order chi connectivity index (χ0) is 13.7. The number of esters is 1. The molecular formula is C11H10Br2INO3. The number of carbonyl (C=O) groups is 2. The van der Waals surface area contributed by atoms with E-state index < -0.39 is 3.92 Å². The quantitative estimate of drug-likeness (QED) is 0.401. The van der Waals surface area contributed by atoms with Crippen LogP contribution in [0.1, 0.15) is 10.4 Å². The first-order valence-electron chi connectivity index (χ1n) is 4.91. The van der Waals surface area contributed by atoms with Gasteiger partial charge in [-0.3, -0.25) is 9.59 Å². The van der Waals surface area contributed by atoms with Gasteiger partial charge in [0.2, 0.25) is 0 Å². The Bertz CT molecular complexity index is 468. The number of hydrogen-bond acceptors (Lipinski definition) is 3. The molecule has 0 aliphatic carbocycles. The van der Waals surface area contributed by atoms with Crippen molar-refractivity contribution in [1.82, 2.24) is 5.32 Å². The molecule has 0 saturated carbocycles. The van der Waals surface area contributed by atoms with Crippen LogP contribution in [0.15, 0.2) is 27.1 Å². The smallest absolute Gasteiger partial charge is 0.320 e. The van der Waals surface area contributed by atoms with Gasteiger partial charge in [-0.25, -0.2) is 0 Å². The average Bonchev–Trinajstić information content (AvgIpc) is 2.34. The van der Waals surface area contributed by atoms with Crippen molar-refractivity contribution < 1.29 is 14.3 Å². The van der Waals surface area contributed by atoms with E-state index in [1.165, 1.54) is 7.11 Å². The molecule has 0 aliphatic heterocycles. The van der Waals surface area contributed by atoms with Gasteiger partial charge >= 0.3 is 5.97 Å². The van der Waals surface area contributed by atoms with Crippen molar-refractivity contribution in [2.75, 3.05) is 13.7 Å². The topological polar surface area (TPSA) is 55.4 Å². The molecule has 0 saturated heterocycles. The average molecular weight is 491 g/mol. The van der Waals surface area contributed by atoms with Gasteiger partial charge in [0.15, 0.2) is 0 Å². The SMILES string of the molecule is COC(=O)C(I)CNC(=O)c1ccc(Br)cc1Br. The van der Waals surface area contributed by atoms with E-state index in [1.54, 1.807) is 18.2 Å². The van der Waals surface area contributed by atoms with E-state index in [4.69, 9.17) is 0 Å². The van der Waals surface area contributed by atoms with Crippen LogP contribution in [0, 0.1) is 0 Å². The van der Waals surface area contributed by atoms with Crippen molar-refractivity contribution in [2.24, 2.45) is 0 Å². The molecule has 18 heavy (non-hydrogen) atoms. The van der Waals surface area contributed by atoms with Gasteiger partial charge < -0.3 is 10.1 Å². The van der Waals surface area contributed by atoms with Crippen LogP contribution in [0.5, 0.6) is 0 Å².